The lowest BCUT2D eigenvalue weighted by Gasteiger charge is -2.13. The molecule has 3 aromatic rings. The Morgan fingerprint density at radius 3 is 2.43 bits per heavy atom. The van der Waals surface area contributed by atoms with Crippen LogP contribution < -0.4 is 10.9 Å². The molecular formula is C21H22FN5O2S. The molecule has 1 heterocycles. The lowest BCUT2D eigenvalue weighted by Crippen LogP contribution is -2.42. The number of hydrazine groups is 1. The number of rotatable bonds is 7. The number of aromatic nitrogens is 3. The van der Waals surface area contributed by atoms with Gasteiger partial charge in [-0.05, 0) is 30.2 Å². The van der Waals surface area contributed by atoms with Gasteiger partial charge in [0.2, 0.25) is 5.91 Å². The van der Waals surface area contributed by atoms with Crippen LogP contribution in [0.2, 0.25) is 0 Å². The average Bonchev–Trinajstić information content (AvgIpc) is 3.13. The Labute approximate surface area is 178 Å². The second-order valence-electron chi connectivity index (χ2n) is 6.95. The molecule has 0 spiro atoms. The number of amides is 2. The third-order valence-electron chi connectivity index (χ3n) is 4.06. The number of nitrogens with zero attached hydrogens (tertiary/aromatic N) is 3. The standard InChI is InChI=1S/C21H22FN5O2S/c1-14(2)12-27-19(16-10-6-7-11-17(16)22)24-26-21(27)30-13-18(28)23-25-20(29)15-8-4-3-5-9-15/h3-11,14H,12-13H2,1-2H3,(H,23,28)(H,25,29). The zero-order chi connectivity index (χ0) is 21.5. The van der Waals surface area contributed by atoms with Crippen LogP contribution in [0.3, 0.4) is 0 Å². The number of thioether (sulfide) groups is 1. The van der Waals surface area contributed by atoms with Gasteiger partial charge >= 0.3 is 0 Å². The van der Waals surface area contributed by atoms with E-state index in [1.54, 1.807) is 48.5 Å². The highest BCUT2D eigenvalue weighted by Gasteiger charge is 2.19. The third kappa shape index (κ3) is 5.44. The number of halogens is 1. The monoisotopic (exact) mass is 427 g/mol. The summed E-state index contributed by atoms with van der Waals surface area (Å²) in [5, 5.41) is 8.79. The first-order chi connectivity index (χ1) is 14.5. The van der Waals surface area contributed by atoms with Gasteiger partial charge in [0.15, 0.2) is 11.0 Å². The van der Waals surface area contributed by atoms with Gasteiger partial charge < -0.3 is 4.57 Å². The predicted molar refractivity (Wildman–Crippen MR) is 113 cm³/mol. The predicted octanol–water partition coefficient (Wildman–Crippen LogP) is 3.29. The van der Waals surface area contributed by atoms with Crippen LogP contribution in [0.4, 0.5) is 4.39 Å². The second kappa shape index (κ2) is 10.0. The topological polar surface area (TPSA) is 88.9 Å². The van der Waals surface area contributed by atoms with Crippen LogP contribution in [0.5, 0.6) is 0 Å². The van der Waals surface area contributed by atoms with Gasteiger partial charge in [-0.2, -0.15) is 0 Å². The smallest absolute Gasteiger partial charge is 0.269 e. The Hall–Kier alpha value is -3.20. The van der Waals surface area contributed by atoms with Crippen molar-refractivity contribution in [2.45, 2.75) is 25.5 Å². The van der Waals surface area contributed by atoms with Crippen molar-refractivity contribution >= 4 is 23.6 Å². The normalized spacial score (nSPS) is 10.8. The molecule has 3 rings (SSSR count). The molecule has 0 unspecified atom stereocenters. The first kappa shape index (κ1) is 21.5. The zero-order valence-corrected chi connectivity index (χ0v) is 17.4. The molecule has 1 aromatic heterocycles. The Morgan fingerprint density at radius 2 is 1.73 bits per heavy atom. The van der Waals surface area contributed by atoms with Gasteiger partial charge in [0.25, 0.3) is 5.91 Å². The summed E-state index contributed by atoms with van der Waals surface area (Å²) in [5.41, 5.74) is 5.56. The Kier molecular flexibility index (Phi) is 7.18. The first-order valence-corrected chi connectivity index (χ1v) is 10.4. The average molecular weight is 428 g/mol. The highest BCUT2D eigenvalue weighted by molar-refractivity contribution is 7.99. The maximum absolute atomic E-state index is 14.2. The van der Waals surface area contributed by atoms with Crippen LogP contribution in [0.15, 0.2) is 59.8 Å². The van der Waals surface area contributed by atoms with Gasteiger partial charge in [0.1, 0.15) is 5.82 Å². The molecule has 0 fully saturated rings. The molecule has 2 N–H and O–H groups in total. The molecule has 0 saturated heterocycles. The summed E-state index contributed by atoms with van der Waals surface area (Å²) in [4.78, 5) is 24.1. The highest BCUT2D eigenvalue weighted by atomic mass is 32.2. The van der Waals surface area contributed by atoms with Crippen molar-refractivity contribution in [2.24, 2.45) is 5.92 Å². The van der Waals surface area contributed by atoms with Crippen LogP contribution in [-0.2, 0) is 11.3 Å². The fraction of sp³-hybridized carbons (Fsp3) is 0.238. The van der Waals surface area contributed by atoms with E-state index in [0.717, 1.165) is 0 Å². The molecule has 0 radical (unpaired) electrons. The third-order valence-corrected chi connectivity index (χ3v) is 5.03. The summed E-state index contributed by atoms with van der Waals surface area (Å²) in [5.74, 6) is -0.475. The molecule has 0 aliphatic heterocycles. The van der Waals surface area contributed by atoms with E-state index in [9.17, 15) is 14.0 Å². The summed E-state index contributed by atoms with van der Waals surface area (Å²) in [6, 6.07) is 14.9. The quantitative estimate of drug-likeness (QED) is 0.446. The summed E-state index contributed by atoms with van der Waals surface area (Å²) >= 11 is 1.17. The van der Waals surface area contributed by atoms with Crippen molar-refractivity contribution in [3.05, 3.63) is 66.0 Å². The molecule has 9 heteroatoms. The summed E-state index contributed by atoms with van der Waals surface area (Å²) < 4.78 is 16.0. The number of hydrogen-bond acceptors (Lipinski definition) is 5. The molecule has 156 valence electrons. The number of hydrogen-bond donors (Lipinski definition) is 2. The minimum absolute atomic E-state index is 0.0164. The molecule has 7 nitrogen and oxygen atoms in total. The van der Waals surface area contributed by atoms with Gasteiger partial charge in [0.05, 0.1) is 11.3 Å². The van der Waals surface area contributed by atoms with E-state index in [4.69, 9.17) is 0 Å². The second-order valence-corrected chi connectivity index (χ2v) is 7.89. The van der Waals surface area contributed by atoms with E-state index in [2.05, 4.69) is 21.0 Å². The maximum atomic E-state index is 14.2. The van der Waals surface area contributed by atoms with Gasteiger partial charge in [-0.25, -0.2) is 4.39 Å². The Balaban J connectivity index is 1.65. The summed E-state index contributed by atoms with van der Waals surface area (Å²) in [6.07, 6.45) is 0. The van der Waals surface area contributed by atoms with Crippen LogP contribution in [-0.4, -0.2) is 32.3 Å². The van der Waals surface area contributed by atoms with Crippen LogP contribution in [0.1, 0.15) is 24.2 Å². The Bertz CT molecular complexity index is 1020. The molecular weight excluding hydrogens is 405 g/mol. The van der Waals surface area contributed by atoms with E-state index in [-0.39, 0.29) is 17.5 Å². The zero-order valence-electron chi connectivity index (χ0n) is 16.6. The lowest BCUT2D eigenvalue weighted by atomic mass is 10.2. The molecule has 0 atom stereocenters. The van der Waals surface area contributed by atoms with Crippen molar-refractivity contribution in [3.8, 4) is 11.4 Å². The van der Waals surface area contributed by atoms with Crippen molar-refractivity contribution in [1.82, 2.24) is 25.6 Å². The molecule has 0 bridgehead atoms. The number of nitrogens with one attached hydrogen (secondary N) is 2. The minimum atomic E-state index is -0.404. The molecule has 0 saturated carbocycles. The maximum Gasteiger partial charge on any atom is 0.269 e. The van der Waals surface area contributed by atoms with E-state index in [0.29, 0.717) is 28.7 Å². The number of carbonyl (C=O) groups is 2. The van der Waals surface area contributed by atoms with E-state index >= 15 is 0 Å². The van der Waals surface area contributed by atoms with E-state index in [1.165, 1.54) is 17.8 Å². The van der Waals surface area contributed by atoms with E-state index < -0.39 is 11.8 Å². The SMILES string of the molecule is CC(C)Cn1c(SCC(=O)NNC(=O)c2ccccc2)nnc1-c1ccccc1F. The fourth-order valence-electron chi connectivity index (χ4n) is 2.72. The van der Waals surface area contributed by atoms with Crippen LogP contribution in [0, 0.1) is 11.7 Å². The minimum Gasteiger partial charge on any atom is -0.302 e. The Morgan fingerprint density at radius 1 is 1.03 bits per heavy atom. The largest absolute Gasteiger partial charge is 0.302 e. The van der Waals surface area contributed by atoms with Crippen molar-refractivity contribution < 1.29 is 14.0 Å². The van der Waals surface area contributed by atoms with Gasteiger partial charge in [0, 0.05) is 12.1 Å². The molecule has 0 aliphatic carbocycles. The van der Waals surface area contributed by atoms with Gasteiger partial charge in [-0.15, -0.1) is 10.2 Å². The number of benzene rings is 2. The van der Waals surface area contributed by atoms with Crippen LogP contribution in [0.25, 0.3) is 11.4 Å². The lowest BCUT2D eigenvalue weighted by molar-refractivity contribution is -0.119. The summed E-state index contributed by atoms with van der Waals surface area (Å²) in [6.45, 7) is 4.64. The van der Waals surface area contributed by atoms with Crippen LogP contribution >= 0.6 is 11.8 Å². The highest BCUT2D eigenvalue weighted by Crippen LogP contribution is 2.26. The first-order valence-electron chi connectivity index (χ1n) is 9.41. The molecule has 2 amide bonds. The van der Waals surface area contributed by atoms with Gasteiger partial charge in [-0.1, -0.05) is 55.9 Å². The molecule has 30 heavy (non-hydrogen) atoms. The van der Waals surface area contributed by atoms with Crippen molar-refractivity contribution in [3.63, 3.8) is 0 Å². The molecule has 0 aliphatic rings. The van der Waals surface area contributed by atoms with E-state index in [1.807, 2.05) is 18.4 Å². The molecule has 2 aromatic carbocycles. The van der Waals surface area contributed by atoms with Gasteiger partial charge in [-0.3, -0.25) is 20.4 Å². The number of carbonyl (C=O) groups excluding carboxylic acids is 2. The van der Waals surface area contributed by atoms with Crippen molar-refractivity contribution in [2.75, 3.05) is 5.75 Å². The van der Waals surface area contributed by atoms with Crippen molar-refractivity contribution in [1.29, 1.82) is 0 Å². The fourth-order valence-corrected chi connectivity index (χ4v) is 3.47. The summed E-state index contributed by atoms with van der Waals surface area (Å²) in [7, 11) is 0.